The monoisotopic (exact) mass is 156 g/mol. The maximum Gasteiger partial charge on any atom is 0.158 e. The Morgan fingerprint density at radius 1 is 1.45 bits per heavy atom. The quantitative estimate of drug-likeness (QED) is 0.609. The predicted octanol–water partition coefficient (Wildman–Crippen LogP) is 1.78. The second-order valence-corrected chi connectivity index (χ2v) is 3.60. The molecule has 1 fully saturated rings. The van der Waals surface area contributed by atoms with Gasteiger partial charge in [-0.25, -0.2) is 0 Å². The second-order valence-electron chi connectivity index (χ2n) is 3.60. The fraction of sp³-hybridized carbons (Fsp3) is 0.889. The first kappa shape index (κ1) is 8.72. The van der Waals surface area contributed by atoms with E-state index in [2.05, 4.69) is 13.8 Å². The van der Waals surface area contributed by atoms with Crippen LogP contribution in [0, 0.1) is 5.92 Å². The van der Waals surface area contributed by atoms with Crippen LogP contribution in [0.5, 0.6) is 0 Å². The summed E-state index contributed by atoms with van der Waals surface area (Å²) in [5.74, 6) is 0.715. The molecule has 2 nitrogen and oxygen atoms in total. The normalized spacial score (nSPS) is 31.3. The first-order valence-corrected chi connectivity index (χ1v) is 4.27. The number of carbonyl (C=O) groups excluding carboxylic acids is 1. The van der Waals surface area contributed by atoms with Gasteiger partial charge in [-0.2, -0.15) is 0 Å². The standard InChI is InChI=1S/C9H16O2/c1-6(2)8-4-5-9(11-8)7(3)10/h6,8-9H,4-5H2,1-3H3. The third-order valence-corrected chi connectivity index (χ3v) is 2.25. The Morgan fingerprint density at radius 3 is 2.36 bits per heavy atom. The van der Waals surface area contributed by atoms with E-state index in [1.54, 1.807) is 6.92 Å². The Labute approximate surface area is 67.9 Å². The lowest BCUT2D eigenvalue weighted by Crippen LogP contribution is -2.21. The lowest BCUT2D eigenvalue weighted by atomic mass is 10.0. The summed E-state index contributed by atoms with van der Waals surface area (Å²) in [5.41, 5.74) is 0. The Morgan fingerprint density at radius 2 is 2.09 bits per heavy atom. The molecule has 0 aliphatic carbocycles. The van der Waals surface area contributed by atoms with Crippen molar-refractivity contribution in [1.82, 2.24) is 0 Å². The molecule has 0 bridgehead atoms. The summed E-state index contributed by atoms with van der Waals surface area (Å²) in [6, 6.07) is 0. The summed E-state index contributed by atoms with van der Waals surface area (Å²) in [4.78, 5) is 10.9. The molecule has 64 valence electrons. The van der Waals surface area contributed by atoms with E-state index in [1.807, 2.05) is 0 Å². The molecular formula is C9H16O2. The van der Waals surface area contributed by atoms with Gasteiger partial charge in [-0.3, -0.25) is 4.79 Å². The van der Waals surface area contributed by atoms with Crippen LogP contribution in [-0.2, 0) is 9.53 Å². The second kappa shape index (κ2) is 3.35. The first-order valence-electron chi connectivity index (χ1n) is 4.27. The summed E-state index contributed by atoms with van der Waals surface area (Å²) in [6.07, 6.45) is 2.16. The molecule has 1 saturated heterocycles. The topological polar surface area (TPSA) is 26.3 Å². The van der Waals surface area contributed by atoms with E-state index in [4.69, 9.17) is 4.74 Å². The van der Waals surface area contributed by atoms with Crippen molar-refractivity contribution in [2.24, 2.45) is 5.92 Å². The van der Waals surface area contributed by atoms with Gasteiger partial charge in [0.05, 0.1) is 6.10 Å². The van der Waals surface area contributed by atoms with Crippen molar-refractivity contribution >= 4 is 5.78 Å². The van der Waals surface area contributed by atoms with E-state index in [1.165, 1.54) is 0 Å². The van der Waals surface area contributed by atoms with Gasteiger partial charge >= 0.3 is 0 Å². The van der Waals surface area contributed by atoms with Crippen molar-refractivity contribution in [1.29, 1.82) is 0 Å². The summed E-state index contributed by atoms with van der Waals surface area (Å²) in [5, 5.41) is 0. The number of hydrogen-bond acceptors (Lipinski definition) is 2. The van der Waals surface area contributed by atoms with Crippen LogP contribution in [0.3, 0.4) is 0 Å². The number of rotatable bonds is 2. The predicted molar refractivity (Wildman–Crippen MR) is 43.4 cm³/mol. The molecule has 0 aromatic heterocycles. The number of carbonyl (C=O) groups is 1. The number of Topliss-reactive ketones (excluding diaryl/α,β-unsaturated/α-hetero) is 1. The van der Waals surface area contributed by atoms with Crippen molar-refractivity contribution in [3.05, 3.63) is 0 Å². The van der Waals surface area contributed by atoms with Gasteiger partial charge in [-0.1, -0.05) is 13.8 Å². The Kier molecular flexibility index (Phi) is 2.66. The molecule has 2 unspecified atom stereocenters. The molecule has 0 aromatic carbocycles. The largest absolute Gasteiger partial charge is 0.367 e. The maximum absolute atomic E-state index is 10.9. The van der Waals surface area contributed by atoms with Crippen LogP contribution in [0.2, 0.25) is 0 Å². The molecule has 2 heteroatoms. The van der Waals surface area contributed by atoms with Gasteiger partial charge in [0.25, 0.3) is 0 Å². The molecule has 11 heavy (non-hydrogen) atoms. The van der Waals surface area contributed by atoms with Crippen molar-refractivity contribution in [3.63, 3.8) is 0 Å². The van der Waals surface area contributed by atoms with Gasteiger partial charge in [0.2, 0.25) is 0 Å². The average molecular weight is 156 g/mol. The Bertz CT molecular complexity index is 152. The van der Waals surface area contributed by atoms with Gasteiger partial charge < -0.3 is 4.74 Å². The lowest BCUT2D eigenvalue weighted by molar-refractivity contribution is -0.128. The summed E-state index contributed by atoms with van der Waals surface area (Å²) in [6.45, 7) is 5.87. The van der Waals surface area contributed by atoms with E-state index in [0.717, 1.165) is 12.8 Å². The van der Waals surface area contributed by atoms with Gasteiger partial charge in [0.15, 0.2) is 5.78 Å². The smallest absolute Gasteiger partial charge is 0.158 e. The number of ether oxygens (including phenoxy) is 1. The van der Waals surface area contributed by atoms with Crippen molar-refractivity contribution in [2.45, 2.75) is 45.8 Å². The molecular weight excluding hydrogens is 140 g/mol. The van der Waals surface area contributed by atoms with Crippen LogP contribution < -0.4 is 0 Å². The van der Waals surface area contributed by atoms with Crippen LogP contribution in [0.1, 0.15) is 33.6 Å². The minimum atomic E-state index is -0.109. The van der Waals surface area contributed by atoms with E-state index < -0.39 is 0 Å². The summed E-state index contributed by atoms with van der Waals surface area (Å²) < 4.78 is 5.53. The minimum absolute atomic E-state index is 0.109. The van der Waals surface area contributed by atoms with Gasteiger partial charge in [0.1, 0.15) is 6.10 Å². The van der Waals surface area contributed by atoms with E-state index >= 15 is 0 Å². The summed E-state index contributed by atoms with van der Waals surface area (Å²) >= 11 is 0. The van der Waals surface area contributed by atoms with Crippen LogP contribution in [0.15, 0.2) is 0 Å². The highest BCUT2D eigenvalue weighted by molar-refractivity contribution is 5.80. The minimum Gasteiger partial charge on any atom is -0.367 e. The van der Waals surface area contributed by atoms with Crippen LogP contribution in [0.4, 0.5) is 0 Å². The molecule has 1 heterocycles. The Hall–Kier alpha value is -0.370. The fourth-order valence-corrected chi connectivity index (χ4v) is 1.45. The third kappa shape index (κ3) is 2.03. The highest BCUT2D eigenvalue weighted by Gasteiger charge is 2.29. The van der Waals surface area contributed by atoms with Crippen LogP contribution in [0.25, 0.3) is 0 Å². The number of ketones is 1. The Balaban J connectivity index is 2.41. The average Bonchev–Trinajstić information content (AvgIpc) is 2.33. The summed E-state index contributed by atoms with van der Waals surface area (Å²) in [7, 11) is 0. The van der Waals surface area contributed by atoms with E-state index in [0.29, 0.717) is 12.0 Å². The molecule has 0 N–H and O–H groups in total. The highest BCUT2D eigenvalue weighted by Crippen LogP contribution is 2.25. The van der Waals surface area contributed by atoms with E-state index in [-0.39, 0.29) is 11.9 Å². The zero-order valence-corrected chi connectivity index (χ0v) is 7.46. The third-order valence-electron chi connectivity index (χ3n) is 2.25. The fourth-order valence-electron chi connectivity index (χ4n) is 1.45. The van der Waals surface area contributed by atoms with Crippen molar-refractivity contribution in [3.8, 4) is 0 Å². The zero-order chi connectivity index (χ0) is 8.43. The lowest BCUT2D eigenvalue weighted by Gasteiger charge is -2.14. The molecule has 0 saturated carbocycles. The van der Waals surface area contributed by atoms with Gasteiger partial charge in [-0.15, -0.1) is 0 Å². The zero-order valence-electron chi connectivity index (χ0n) is 7.46. The SMILES string of the molecule is CC(=O)C1CCC(C(C)C)O1. The van der Waals surface area contributed by atoms with Gasteiger partial charge in [-0.05, 0) is 25.7 Å². The maximum atomic E-state index is 10.9. The first-order chi connectivity index (χ1) is 5.11. The molecule has 0 aromatic rings. The molecule has 0 amide bonds. The molecule has 2 atom stereocenters. The highest BCUT2D eigenvalue weighted by atomic mass is 16.5. The molecule has 0 radical (unpaired) electrons. The van der Waals surface area contributed by atoms with Crippen molar-refractivity contribution in [2.75, 3.05) is 0 Å². The molecule has 1 aliphatic heterocycles. The molecule has 1 aliphatic rings. The van der Waals surface area contributed by atoms with Crippen molar-refractivity contribution < 1.29 is 9.53 Å². The van der Waals surface area contributed by atoms with Gasteiger partial charge in [0, 0.05) is 0 Å². The molecule has 1 rings (SSSR count). The molecule has 0 spiro atoms. The van der Waals surface area contributed by atoms with Crippen LogP contribution in [-0.4, -0.2) is 18.0 Å². The van der Waals surface area contributed by atoms with E-state index in [9.17, 15) is 4.79 Å². The number of hydrogen-bond donors (Lipinski definition) is 0. The van der Waals surface area contributed by atoms with Crippen LogP contribution >= 0.6 is 0 Å².